The molecule has 9 nitrogen and oxygen atoms in total. The molecular formula is C32H50N4O5. The van der Waals surface area contributed by atoms with Gasteiger partial charge >= 0.3 is 5.97 Å². The minimum absolute atomic E-state index is 0.0782. The number of carboxylic acids is 1. The van der Waals surface area contributed by atoms with Crippen molar-refractivity contribution in [3.8, 4) is 5.75 Å². The van der Waals surface area contributed by atoms with Crippen LogP contribution in [0.3, 0.4) is 0 Å². The van der Waals surface area contributed by atoms with Gasteiger partial charge in [-0.2, -0.15) is 0 Å². The van der Waals surface area contributed by atoms with Gasteiger partial charge in [-0.1, -0.05) is 25.5 Å². The quantitative estimate of drug-likeness (QED) is 0.323. The molecule has 0 saturated carbocycles. The highest BCUT2D eigenvalue weighted by Gasteiger charge is 2.47. The maximum Gasteiger partial charge on any atom is 0.308 e. The number of amides is 2. The third-order valence-electron chi connectivity index (χ3n) is 9.05. The molecule has 0 spiro atoms. The summed E-state index contributed by atoms with van der Waals surface area (Å²) in [6, 6.07) is 5.76. The van der Waals surface area contributed by atoms with Gasteiger partial charge < -0.3 is 24.5 Å². The lowest BCUT2D eigenvalue weighted by atomic mass is 9.83. The molecule has 3 aliphatic rings. The smallest absolute Gasteiger partial charge is 0.308 e. The summed E-state index contributed by atoms with van der Waals surface area (Å²) >= 11 is 0. The van der Waals surface area contributed by atoms with Crippen LogP contribution in [0.4, 0.5) is 0 Å². The second kappa shape index (κ2) is 15.0. The van der Waals surface area contributed by atoms with Crippen LogP contribution in [0, 0.1) is 5.92 Å². The second-order valence-electron chi connectivity index (χ2n) is 12.3. The monoisotopic (exact) mass is 570 g/mol. The van der Waals surface area contributed by atoms with Crippen molar-refractivity contribution in [1.82, 2.24) is 19.6 Å². The highest BCUT2D eigenvalue weighted by molar-refractivity contribution is 5.79. The molecule has 41 heavy (non-hydrogen) atoms. The summed E-state index contributed by atoms with van der Waals surface area (Å²) in [6.45, 7) is 7.23. The van der Waals surface area contributed by atoms with Gasteiger partial charge in [0.25, 0.3) is 0 Å². The Bertz CT molecular complexity index is 1050. The average Bonchev–Trinajstić information content (AvgIpc) is 3.56. The van der Waals surface area contributed by atoms with E-state index in [2.05, 4.69) is 36.9 Å². The Morgan fingerprint density at radius 2 is 1.85 bits per heavy atom. The fourth-order valence-electron chi connectivity index (χ4n) is 6.73. The van der Waals surface area contributed by atoms with Gasteiger partial charge in [0.2, 0.25) is 11.8 Å². The first kappa shape index (κ1) is 31.3. The van der Waals surface area contributed by atoms with Crippen LogP contribution in [0.2, 0.25) is 0 Å². The van der Waals surface area contributed by atoms with Gasteiger partial charge in [0.15, 0.2) is 0 Å². The molecule has 0 aliphatic carbocycles. The highest BCUT2D eigenvalue weighted by atomic mass is 16.5. The minimum atomic E-state index is -0.830. The predicted molar refractivity (Wildman–Crippen MR) is 159 cm³/mol. The van der Waals surface area contributed by atoms with Crippen LogP contribution in [-0.4, -0.2) is 115 Å². The summed E-state index contributed by atoms with van der Waals surface area (Å²) in [7, 11) is 4.13. The predicted octanol–water partition coefficient (Wildman–Crippen LogP) is 3.46. The van der Waals surface area contributed by atoms with E-state index in [-0.39, 0.29) is 30.3 Å². The maximum absolute atomic E-state index is 13.8. The third-order valence-corrected chi connectivity index (χ3v) is 9.05. The van der Waals surface area contributed by atoms with Crippen molar-refractivity contribution >= 4 is 17.8 Å². The molecule has 0 radical (unpaired) electrons. The molecule has 1 N–H and O–H groups in total. The SMILES string of the molecule is CCCCN(CCCCN(C)C)C(=O)CN1C[C@H](c2ccc3c(c2)CCO3)[C@@H](C(=O)O)[C@@H]1CCN1CCCCC1=O. The first-order valence-electron chi connectivity index (χ1n) is 15.7. The number of nitrogens with zero attached hydrogens (tertiary/aromatic N) is 4. The van der Waals surface area contributed by atoms with Gasteiger partial charge in [-0.05, 0) is 76.4 Å². The van der Waals surface area contributed by atoms with Crippen LogP contribution in [-0.2, 0) is 20.8 Å². The van der Waals surface area contributed by atoms with Crippen molar-refractivity contribution in [1.29, 1.82) is 0 Å². The average molecular weight is 571 g/mol. The molecule has 3 aliphatic heterocycles. The molecule has 9 heteroatoms. The number of rotatable bonds is 15. The van der Waals surface area contributed by atoms with E-state index in [1.54, 1.807) is 0 Å². The van der Waals surface area contributed by atoms with Gasteiger partial charge in [-0.3, -0.25) is 19.3 Å². The van der Waals surface area contributed by atoms with Gasteiger partial charge in [0.05, 0.1) is 19.1 Å². The molecule has 2 saturated heterocycles. The number of ether oxygens (including phenoxy) is 1. The number of carboxylic acid groups (broad SMARTS) is 1. The first-order chi connectivity index (χ1) is 19.8. The van der Waals surface area contributed by atoms with Crippen LogP contribution in [0.15, 0.2) is 18.2 Å². The van der Waals surface area contributed by atoms with E-state index in [0.29, 0.717) is 32.5 Å². The summed E-state index contributed by atoms with van der Waals surface area (Å²) in [4.78, 5) is 47.3. The van der Waals surface area contributed by atoms with Gasteiger partial charge in [0, 0.05) is 57.5 Å². The van der Waals surface area contributed by atoms with Crippen LogP contribution < -0.4 is 4.74 Å². The van der Waals surface area contributed by atoms with E-state index in [9.17, 15) is 19.5 Å². The van der Waals surface area contributed by atoms with Crippen molar-refractivity contribution in [3.05, 3.63) is 29.3 Å². The molecule has 3 atom stereocenters. The fourth-order valence-corrected chi connectivity index (χ4v) is 6.73. The molecule has 1 aromatic carbocycles. The van der Waals surface area contributed by atoms with Crippen LogP contribution >= 0.6 is 0 Å². The Morgan fingerprint density at radius 1 is 1.07 bits per heavy atom. The van der Waals surface area contributed by atoms with Crippen molar-refractivity contribution < 1.29 is 24.2 Å². The largest absolute Gasteiger partial charge is 0.493 e. The molecule has 3 heterocycles. The van der Waals surface area contributed by atoms with E-state index in [1.807, 2.05) is 21.9 Å². The Hall–Kier alpha value is -2.65. The van der Waals surface area contributed by atoms with Crippen molar-refractivity contribution in [2.75, 3.05) is 66.5 Å². The number of unbranched alkanes of at least 4 members (excludes halogenated alkanes) is 2. The Morgan fingerprint density at radius 3 is 2.59 bits per heavy atom. The molecule has 2 amide bonds. The van der Waals surface area contributed by atoms with E-state index in [0.717, 1.165) is 88.0 Å². The third kappa shape index (κ3) is 8.22. The standard InChI is InChI=1S/C32H50N4O5/c1-4-5-16-34(18-9-8-15-33(2)3)30(38)23-36-22-26(24-11-12-28-25(21-24)14-20-41-28)31(32(39)40)27(36)13-19-35-17-7-6-10-29(35)37/h11-12,21,26-27,31H,4-10,13-20,22-23H2,1-3H3,(H,39,40)/t26-,27+,31-/m1/s1. The Balaban J connectivity index is 1.53. The molecule has 1 aromatic rings. The number of hydrogen-bond donors (Lipinski definition) is 1. The lowest BCUT2D eigenvalue weighted by Gasteiger charge is -2.32. The van der Waals surface area contributed by atoms with Gasteiger partial charge in [-0.15, -0.1) is 0 Å². The molecular weight excluding hydrogens is 520 g/mol. The number of piperidine rings is 1. The molecule has 2 fully saturated rings. The number of hydrogen-bond acceptors (Lipinski definition) is 6. The fraction of sp³-hybridized carbons (Fsp3) is 0.719. The maximum atomic E-state index is 13.8. The summed E-state index contributed by atoms with van der Waals surface area (Å²) in [6.07, 6.45) is 7.81. The number of carbonyl (C=O) groups is 3. The molecule has 4 rings (SSSR count). The molecule has 0 aromatic heterocycles. The van der Waals surface area contributed by atoms with E-state index in [1.165, 1.54) is 0 Å². The number of likely N-dealkylation sites (tertiary alicyclic amines) is 2. The zero-order valence-electron chi connectivity index (χ0n) is 25.4. The lowest BCUT2D eigenvalue weighted by molar-refractivity contribution is -0.144. The van der Waals surface area contributed by atoms with E-state index < -0.39 is 11.9 Å². The second-order valence-corrected chi connectivity index (χ2v) is 12.3. The van der Waals surface area contributed by atoms with Crippen molar-refractivity contribution in [3.63, 3.8) is 0 Å². The number of aliphatic carboxylic acids is 1. The topological polar surface area (TPSA) is 93.6 Å². The molecule has 0 unspecified atom stereocenters. The van der Waals surface area contributed by atoms with Crippen LogP contribution in [0.25, 0.3) is 0 Å². The Kier molecular flexibility index (Phi) is 11.5. The van der Waals surface area contributed by atoms with Crippen molar-refractivity contribution in [2.45, 2.75) is 76.7 Å². The molecule has 228 valence electrons. The summed E-state index contributed by atoms with van der Waals surface area (Å²) in [5.74, 6) is -0.587. The molecule has 0 bridgehead atoms. The van der Waals surface area contributed by atoms with Crippen LogP contribution in [0.1, 0.15) is 75.3 Å². The Labute approximate surface area is 245 Å². The number of fused-ring (bicyclic) bond motifs is 1. The first-order valence-corrected chi connectivity index (χ1v) is 15.7. The number of carbonyl (C=O) groups excluding carboxylic acids is 2. The van der Waals surface area contributed by atoms with Crippen molar-refractivity contribution in [2.24, 2.45) is 5.92 Å². The summed E-state index contributed by atoms with van der Waals surface area (Å²) < 4.78 is 5.70. The van der Waals surface area contributed by atoms with Gasteiger partial charge in [0.1, 0.15) is 5.75 Å². The lowest BCUT2D eigenvalue weighted by Crippen LogP contribution is -2.46. The highest BCUT2D eigenvalue weighted by Crippen LogP contribution is 2.41. The number of benzene rings is 1. The van der Waals surface area contributed by atoms with Crippen LogP contribution in [0.5, 0.6) is 5.75 Å². The summed E-state index contributed by atoms with van der Waals surface area (Å²) in [5.41, 5.74) is 2.13. The van der Waals surface area contributed by atoms with Gasteiger partial charge in [-0.25, -0.2) is 0 Å². The minimum Gasteiger partial charge on any atom is -0.493 e. The zero-order chi connectivity index (χ0) is 29.4. The van der Waals surface area contributed by atoms with E-state index in [4.69, 9.17) is 4.74 Å². The summed E-state index contributed by atoms with van der Waals surface area (Å²) in [5, 5.41) is 10.5. The van der Waals surface area contributed by atoms with E-state index >= 15 is 0 Å². The normalized spacial score (nSPS) is 22.7. The zero-order valence-corrected chi connectivity index (χ0v) is 25.4.